The number of anilines is 1. The van der Waals surface area contributed by atoms with Gasteiger partial charge in [0.1, 0.15) is 7.05 Å². The number of aromatic nitrogens is 1. The monoisotopic (exact) mass is 370 g/mol. The summed E-state index contributed by atoms with van der Waals surface area (Å²) in [6.45, 7) is 0. The number of benzene rings is 2. The molecule has 2 aromatic carbocycles. The van der Waals surface area contributed by atoms with Crippen LogP contribution in [0.3, 0.4) is 0 Å². The Morgan fingerprint density at radius 1 is 1.07 bits per heavy atom. The van der Waals surface area contributed by atoms with Gasteiger partial charge in [-0.05, 0) is 41.0 Å². The lowest BCUT2D eigenvalue weighted by Gasteiger charge is -2.13. The molecule has 132 valence electrons. The van der Waals surface area contributed by atoms with Crippen LogP contribution in [-0.2, 0) is 13.5 Å². The average molecular weight is 371 g/mol. The summed E-state index contributed by atoms with van der Waals surface area (Å²) >= 11 is 1.83. The van der Waals surface area contributed by atoms with Crippen molar-refractivity contribution >= 4 is 34.9 Å². The number of hydrogen-bond acceptors (Lipinski definition) is 3. The van der Waals surface area contributed by atoms with E-state index < -0.39 is 0 Å². The summed E-state index contributed by atoms with van der Waals surface area (Å²) in [5.41, 5.74) is 7.28. The smallest absolute Gasteiger partial charge is 0.169 e. The van der Waals surface area contributed by atoms with Gasteiger partial charge in [-0.1, -0.05) is 36.0 Å². The molecule has 0 radical (unpaired) electrons. The predicted molar refractivity (Wildman–Crippen MR) is 113 cm³/mol. The third kappa shape index (κ3) is 2.96. The van der Waals surface area contributed by atoms with Gasteiger partial charge in [0.05, 0.1) is 22.1 Å². The van der Waals surface area contributed by atoms with Crippen molar-refractivity contribution in [2.24, 2.45) is 12.0 Å². The maximum absolute atomic E-state index is 4.84. The third-order valence-corrected chi connectivity index (χ3v) is 6.25. The van der Waals surface area contributed by atoms with Crippen molar-refractivity contribution in [2.45, 2.75) is 11.3 Å². The molecule has 27 heavy (non-hydrogen) atoms. The van der Waals surface area contributed by atoms with Crippen LogP contribution in [0, 0.1) is 0 Å². The molecule has 1 aromatic heterocycles. The minimum Gasteiger partial charge on any atom is -0.338 e. The number of hydrogen-bond donors (Lipinski definition) is 0. The van der Waals surface area contributed by atoms with E-state index in [2.05, 4.69) is 89.6 Å². The first-order valence-corrected chi connectivity index (χ1v) is 9.87. The highest BCUT2D eigenvalue weighted by atomic mass is 32.2. The lowest BCUT2D eigenvalue weighted by atomic mass is 10.0. The highest BCUT2D eigenvalue weighted by Gasteiger charge is 2.24. The van der Waals surface area contributed by atoms with E-state index in [0.717, 1.165) is 17.8 Å². The van der Waals surface area contributed by atoms with Crippen molar-refractivity contribution in [3.05, 3.63) is 88.7 Å². The topological polar surface area (TPSA) is 19.5 Å². The van der Waals surface area contributed by atoms with Crippen LogP contribution in [0.15, 0.2) is 81.9 Å². The minimum absolute atomic E-state index is 0.916. The second kappa shape index (κ2) is 6.39. The molecule has 0 bridgehead atoms. The fourth-order valence-electron chi connectivity index (χ4n) is 3.53. The normalized spacial score (nSPS) is 16.4. The number of aliphatic imine (C=N–C) groups is 1. The molecule has 3 nitrogen and oxygen atoms in total. The Morgan fingerprint density at radius 3 is 2.70 bits per heavy atom. The molecule has 0 atom stereocenters. The second-order valence-electron chi connectivity index (χ2n) is 6.99. The van der Waals surface area contributed by atoms with Crippen molar-refractivity contribution in [1.82, 2.24) is 0 Å². The van der Waals surface area contributed by atoms with Crippen LogP contribution in [-0.4, -0.2) is 12.8 Å². The number of fused-ring (bicyclic) bond motifs is 2. The molecule has 0 spiro atoms. The Labute approximate surface area is 163 Å². The fraction of sp³-hybridized carbons (Fsp3) is 0.130. The van der Waals surface area contributed by atoms with Gasteiger partial charge in [-0.25, -0.2) is 4.57 Å². The second-order valence-corrected chi connectivity index (χ2v) is 8.05. The Balaban J connectivity index is 1.44. The summed E-state index contributed by atoms with van der Waals surface area (Å²) < 4.78 is 2.05. The van der Waals surface area contributed by atoms with Gasteiger partial charge in [-0.15, -0.1) is 0 Å². The Morgan fingerprint density at radius 2 is 1.89 bits per heavy atom. The molecule has 0 saturated carbocycles. The van der Waals surface area contributed by atoms with Gasteiger partial charge in [-0.2, -0.15) is 0 Å². The molecule has 2 aliphatic heterocycles. The molecule has 2 aliphatic rings. The summed E-state index contributed by atoms with van der Waals surface area (Å²) in [6.07, 6.45) is 7.31. The molecule has 5 rings (SSSR count). The molecule has 0 aliphatic carbocycles. The van der Waals surface area contributed by atoms with Gasteiger partial charge >= 0.3 is 0 Å². The predicted octanol–water partition coefficient (Wildman–Crippen LogP) is 4.73. The summed E-state index contributed by atoms with van der Waals surface area (Å²) in [6, 6.07) is 19.4. The average Bonchev–Trinajstić information content (AvgIpc) is 3.25. The SMILES string of the molecule is CN1/C(=C/c2cc[n+](C)cc2)Sc2cc(C3=Nc4ccccc4C3)ccc21. The van der Waals surface area contributed by atoms with E-state index in [9.17, 15) is 0 Å². The lowest BCUT2D eigenvalue weighted by molar-refractivity contribution is -0.671. The van der Waals surface area contributed by atoms with Gasteiger partial charge in [-0.3, -0.25) is 4.99 Å². The van der Waals surface area contributed by atoms with E-state index in [1.54, 1.807) is 0 Å². The van der Waals surface area contributed by atoms with Crippen molar-refractivity contribution in [2.75, 3.05) is 11.9 Å². The molecule has 0 saturated heterocycles. The summed E-state index contributed by atoms with van der Waals surface area (Å²) in [4.78, 5) is 8.40. The zero-order valence-corrected chi connectivity index (χ0v) is 16.2. The van der Waals surface area contributed by atoms with E-state index in [4.69, 9.17) is 4.99 Å². The number of rotatable bonds is 2. The van der Waals surface area contributed by atoms with Crippen LogP contribution >= 0.6 is 11.8 Å². The van der Waals surface area contributed by atoms with Crippen molar-refractivity contribution in [3.63, 3.8) is 0 Å². The maximum atomic E-state index is 4.84. The first kappa shape index (κ1) is 16.3. The molecule has 4 heteroatoms. The Hall–Kier alpha value is -2.85. The lowest BCUT2D eigenvalue weighted by Crippen LogP contribution is -2.25. The number of pyridine rings is 1. The standard InChI is InChI=1S/C23H20N3S/c1-25-11-9-16(10-12-25)13-23-26(2)21-8-7-18(15-22(21)27-23)20-14-17-5-3-4-6-19(17)24-20/h3-13,15H,14H2,1-2H3/q+1. The van der Waals surface area contributed by atoms with E-state index in [1.807, 2.05) is 18.8 Å². The highest BCUT2D eigenvalue weighted by Crippen LogP contribution is 2.46. The van der Waals surface area contributed by atoms with Crippen LogP contribution in [0.25, 0.3) is 6.08 Å². The van der Waals surface area contributed by atoms with Gasteiger partial charge in [0, 0.05) is 30.5 Å². The zero-order valence-electron chi connectivity index (χ0n) is 15.4. The van der Waals surface area contributed by atoms with E-state index in [1.165, 1.54) is 32.3 Å². The van der Waals surface area contributed by atoms with Gasteiger partial charge in [0.25, 0.3) is 0 Å². The van der Waals surface area contributed by atoms with Crippen molar-refractivity contribution < 1.29 is 4.57 Å². The number of nitrogens with zero attached hydrogens (tertiary/aromatic N) is 3. The maximum Gasteiger partial charge on any atom is 0.169 e. The number of para-hydroxylation sites is 1. The van der Waals surface area contributed by atoms with Gasteiger partial charge < -0.3 is 4.90 Å². The van der Waals surface area contributed by atoms with E-state index in [-0.39, 0.29) is 0 Å². The molecule has 0 fully saturated rings. The van der Waals surface area contributed by atoms with Crippen molar-refractivity contribution in [1.29, 1.82) is 0 Å². The van der Waals surface area contributed by atoms with Crippen LogP contribution in [0.5, 0.6) is 0 Å². The number of thioether (sulfide) groups is 1. The quantitative estimate of drug-likeness (QED) is 0.608. The first-order chi connectivity index (χ1) is 13.2. The van der Waals surface area contributed by atoms with Gasteiger partial charge in [0.2, 0.25) is 0 Å². The molecular weight excluding hydrogens is 350 g/mol. The minimum atomic E-state index is 0.916. The summed E-state index contributed by atoms with van der Waals surface area (Å²) in [5, 5.41) is 1.24. The van der Waals surface area contributed by atoms with Crippen LogP contribution in [0.1, 0.15) is 16.7 Å². The summed E-state index contributed by atoms with van der Waals surface area (Å²) in [7, 11) is 4.17. The van der Waals surface area contributed by atoms with E-state index >= 15 is 0 Å². The van der Waals surface area contributed by atoms with Gasteiger partial charge in [0.15, 0.2) is 12.4 Å². The largest absolute Gasteiger partial charge is 0.338 e. The highest BCUT2D eigenvalue weighted by molar-refractivity contribution is 8.03. The summed E-state index contributed by atoms with van der Waals surface area (Å²) in [5.74, 6) is 0. The zero-order chi connectivity index (χ0) is 18.4. The molecule has 3 aromatic rings. The Bertz CT molecular complexity index is 1100. The molecule has 3 heterocycles. The van der Waals surface area contributed by atoms with E-state index in [0.29, 0.717) is 0 Å². The third-order valence-electron chi connectivity index (χ3n) is 5.10. The number of aryl methyl sites for hydroxylation is 1. The first-order valence-electron chi connectivity index (χ1n) is 9.06. The molecule has 0 N–H and O–H groups in total. The fourth-order valence-corrected chi connectivity index (χ4v) is 4.68. The van der Waals surface area contributed by atoms with Crippen LogP contribution in [0.2, 0.25) is 0 Å². The molecule has 0 unspecified atom stereocenters. The van der Waals surface area contributed by atoms with Crippen LogP contribution < -0.4 is 9.47 Å². The molecule has 0 amide bonds. The Kier molecular flexibility index (Phi) is 3.87. The van der Waals surface area contributed by atoms with Crippen molar-refractivity contribution in [3.8, 4) is 0 Å². The van der Waals surface area contributed by atoms with Crippen LogP contribution in [0.4, 0.5) is 11.4 Å². The molecular formula is C23H20N3S+.